The van der Waals surface area contributed by atoms with Gasteiger partial charge in [-0.05, 0) is 18.6 Å². The van der Waals surface area contributed by atoms with E-state index < -0.39 is 5.60 Å². The van der Waals surface area contributed by atoms with Gasteiger partial charge >= 0.3 is 0 Å². The molecule has 0 radical (unpaired) electrons. The Balaban J connectivity index is 2.06. The lowest BCUT2D eigenvalue weighted by atomic mass is 9.94. The van der Waals surface area contributed by atoms with Crippen molar-refractivity contribution >= 4 is 11.4 Å². The molecule has 1 aromatic carbocycles. The van der Waals surface area contributed by atoms with Crippen LogP contribution in [0.5, 0.6) is 5.75 Å². The topological polar surface area (TPSA) is 68.0 Å². The van der Waals surface area contributed by atoms with E-state index in [2.05, 4.69) is 6.92 Å². The van der Waals surface area contributed by atoms with Crippen LogP contribution in [0, 0.1) is 0 Å². The lowest BCUT2D eigenvalue weighted by Gasteiger charge is -2.36. The molecular formula is C16H26N2O3. The summed E-state index contributed by atoms with van der Waals surface area (Å²) in [7, 11) is 1.97. The molecule has 1 heterocycles. The van der Waals surface area contributed by atoms with Crippen LogP contribution in [0.4, 0.5) is 11.4 Å². The second kappa shape index (κ2) is 7.00. The second-order valence-corrected chi connectivity index (χ2v) is 5.76. The number of aliphatic hydroxyl groups is 1. The molecule has 5 heteroatoms. The Labute approximate surface area is 126 Å². The van der Waals surface area contributed by atoms with Crippen LogP contribution < -0.4 is 15.4 Å². The van der Waals surface area contributed by atoms with Gasteiger partial charge in [0, 0.05) is 51.4 Å². The van der Waals surface area contributed by atoms with Crippen molar-refractivity contribution in [2.24, 2.45) is 0 Å². The molecule has 0 bridgehead atoms. The Kier molecular flexibility index (Phi) is 5.31. The van der Waals surface area contributed by atoms with Crippen LogP contribution in [0.3, 0.4) is 0 Å². The summed E-state index contributed by atoms with van der Waals surface area (Å²) in [5.74, 6) is 0.708. The van der Waals surface area contributed by atoms with Crippen molar-refractivity contribution in [2.75, 3.05) is 44.0 Å². The van der Waals surface area contributed by atoms with E-state index in [1.165, 1.54) is 0 Å². The minimum atomic E-state index is -0.682. The van der Waals surface area contributed by atoms with Gasteiger partial charge in [0.2, 0.25) is 0 Å². The molecule has 0 saturated carbocycles. The van der Waals surface area contributed by atoms with Gasteiger partial charge in [-0.1, -0.05) is 6.92 Å². The van der Waals surface area contributed by atoms with Crippen LogP contribution in [0.25, 0.3) is 0 Å². The molecule has 21 heavy (non-hydrogen) atoms. The molecule has 2 rings (SSSR count). The summed E-state index contributed by atoms with van der Waals surface area (Å²) in [4.78, 5) is 2.05. The third-order valence-corrected chi connectivity index (χ3v) is 3.85. The van der Waals surface area contributed by atoms with Crippen molar-refractivity contribution < 1.29 is 14.6 Å². The number of hydrogen-bond acceptors (Lipinski definition) is 5. The minimum absolute atomic E-state index is 0.577. The van der Waals surface area contributed by atoms with Crippen molar-refractivity contribution in [3.05, 3.63) is 18.2 Å². The first-order valence-electron chi connectivity index (χ1n) is 7.58. The third kappa shape index (κ3) is 4.25. The van der Waals surface area contributed by atoms with Gasteiger partial charge in [-0.2, -0.15) is 0 Å². The van der Waals surface area contributed by atoms with Crippen LogP contribution in [0.2, 0.25) is 0 Å². The summed E-state index contributed by atoms with van der Waals surface area (Å²) in [6.07, 6.45) is 2.29. The Hall–Kier alpha value is -1.46. The van der Waals surface area contributed by atoms with Crippen LogP contribution >= 0.6 is 0 Å². The standard InChI is InChI=1S/C16H26N2O3/c1-3-8-21-15-11-13(4-5-14(15)17)18(2)12-16(19)6-9-20-10-7-16/h4-5,11,19H,3,6-10,12,17H2,1-2H3. The van der Waals surface area contributed by atoms with E-state index >= 15 is 0 Å². The lowest BCUT2D eigenvalue weighted by molar-refractivity contribution is -0.0572. The van der Waals surface area contributed by atoms with Gasteiger partial charge in [0.25, 0.3) is 0 Å². The summed E-state index contributed by atoms with van der Waals surface area (Å²) in [5.41, 5.74) is 6.89. The molecule has 5 nitrogen and oxygen atoms in total. The SMILES string of the molecule is CCCOc1cc(N(C)CC2(O)CCOCC2)ccc1N. The zero-order valence-electron chi connectivity index (χ0n) is 13.0. The van der Waals surface area contributed by atoms with Crippen LogP contribution in [-0.4, -0.2) is 44.1 Å². The molecule has 1 fully saturated rings. The van der Waals surface area contributed by atoms with Gasteiger partial charge in [0.05, 0.1) is 17.9 Å². The summed E-state index contributed by atoms with van der Waals surface area (Å²) >= 11 is 0. The maximum atomic E-state index is 10.6. The van der Waals surface area contributed by atoms with Crippen LogP contribution in [0.15, 0.2) is 18.2 Å². The highest BCUT2D eigenvalue weighted by Crippen LogP contribution is 2.29. The quantitative estimate of drug-likeness (QED) is 0.786. The van der Waals surface area contributed by atoms with Crippen molar-refractivity contribution in [3.8, 4) is 5.75 Å². The summed E-state index contributed by atoms with van der Waals surface area (Å²) in [6.45, 7) is 4.53. The fourth-order valence-corrected chi connectivity index (χ4v) is 2.54. The lowest BCUT2D eigenvalue weighted by Crippen LogP contribution is -2.45. The molecule has 3 N–H and O–H groups in total. The monoisotopic (exact) mass is 294 g/mol. The smallest absolute Gasteiger partial charge is 0.144 e. The van der Waals surface area contributed by atoms with Crippen molar-refractivity contribution in [1.82, 2.24) is 0 Å². The number of nitrogens with two attached hydrogens (primary N) is 1. The first-order valence-corrected chi connectivity index (χ1v) is 7.58. The van der Waals surface area contributed by atoms with Crippen LogP contribution in [0.1, 0.15) is 26.2 Å². The van der Waals surface area contributed by atoms with Gasteiger partial charge < -0.3 is 25.2 Å². The first kappa shape index (κ1) is 15.9. The summed E-state index contributed by atoms with van der Waals surface area (Å²) in [5, 5.41) is 10.6. The Morgan fingerprint density at radius 3 is 2.76 bits per heavy atom. The molecule has 0 unspecified atom stereocenters. The summed E-state index contributed by atoms with van der Waals surface area (Å²) < 4.78 is 11.0. The van der Waals surface area contributed by atoms with Gasteiger partial charge in [0.15, 0.2) is 0 Å². The molecule has 1 saturated heterocycles. The number of ether oxygens (including phenoxy) is 2. The number of benzene rings is 1. The van der Waals surface area contributed by atoms with E-state index in [0.29, 0.717) is 50.6 Å². The molecule has 1 aliphatic rings. The number of nitrogen functional groups attached to an aromatic ring is 1. The largest absolute Gasteiger partial charge is 0.491 e. The normalized spacial score (nSPS) is 17.5. The van der Waals surface area contributed by atoms with E-state index in [0.717, 1.165) is 12.1 Å². The highest BCUT2D eigenvalue weighted by Gasteiger charge is 2.31. The molecule has 0 atom stereocenters. The van der Waals surface area contributed by atoms with Gasteiger partial charge in [-0.25, -0.2) is 0 Å². The third-order valence-electron chi connectivity index (χ3n) is 3.85. The maximum absolute atomic E-state index is 10.6. The van der Waals surface area contributed by atoms with Gasteiger partial charge in [0.1, 0.15) is 5.75 Å². The molecular weight excluding hydrogens is 268 g/mol. The molecule has 1 aromatic rings. The fourth-order valence-electron chi connectivity index (χ4n) is 2.54. The minimum Gasteiger partial charge on any atom is -0.491 e. The molecule has 0 aliphatic carbocycles. The van der Waals surface area contributed by atoms with E-state index in [1.54, 1.807) is 0 Å². The van der Waals surface area contributed by atoms with Crippen LogP contribution in [-0.2, 0) is 4.74 Å². The van der Waals surface area contributed by atoms with E-state index in [1.807, 2.05) is 30.1 Å². The Morgan fingerprint density at radius 1 is 1.38 bits per heavy atom. The number of hydrogen-bond donors (Lipinski definition) is 2. The number of anilines is 2. The van der Waals surface area contributed by atoms with E-state index in [9.17, 15) is 5.11 Å². The highest BCUT2D eigenvalue weighted by atomic mass is 16.5. The summed E-state index contributed by atoms with van der Waals surface area (Å²) in [6, 6.07) is 5.75. The second-order valence-electron chi connectivity index (χ2n) is 5.76. The fraction of sp³-hybridized carbons (Fsp3) is 0.625. The number of rotatable bonds is 6. The highest BCUT2D eigenvalue weighted by molar-refractivity contribution is 5.62. The van der Waals surface area contributed by atoms with Gasteiger partial charge in [-0.3, -0.25) is 0 Å². The molecule has 0 aromatic heterocycles. The number of nitrogens with zero attached hydrogens (tertiary/aromatic N) is 1. The Bertz CT molecular complexity index is 459. The average molecular weight is 294 g/mol. The predicted octanol–water partition coefficient (Wildman–Crippen LogP) is 2.04. The molecule has 1 aliphatic heterocycles. The van der Waals surface area contributed by atoms with Crippen molar-refractivity contribution in [3.63, 3.8) is 0 Å². The zero-order valence-corrected chi connectivity index (χ0v) is 13.0. The van der Waals surface area contributed by atoms with Crippen molar-refractivity contribution in [2.45, 2.75) is 31.8 Å². The Morgan fingerprint density at radius 2 is 2.10 bits per heavy atom. The first-order chi connectivity index (χ1) is 10.0. The number of likely N-dealkylation sites (N-methyl/N-ethyl adjacent to an activating group) is 1. The molecule has 0 spiro atoms. The van der Waals surface area contributed by atoms with E-state index in [-0.39, 0.29) is 0 Å². The average Bonchev–Trinajstić information content (AvgIpc) is 2.46. The predicted molar refractivity (Wildman–Crippen MR) is 84.9 cm³/mol. The van der Waals surface area contributed by atoms with Gasteiger partial charge in [-0.15, -0.1) is 0 Å². The molecule has 118 valence electrons. The van der Waals surface area contributed by atoms with Crippen molar-refractivity contribution in [1.29, 1.82) is 0 Å². The molecule has 0 amide bonds. The zero-order chi connectivity index (χ0) is 15.3. The van der Waals surface area contributed by atoms with E-state index in [4.69, 9.17) is 15.2 Å². The maximum Gasteiger partial charge on any atom is 0.144 e.